The first-order valence-electron chi connectivity index (χ1n) is 14.2. The number of nitrogens with one attached hydrogen (secondary N) is 3. The number of carbonyl (C=O) groups excluding carboxylic acids is 3. The molecule has 2 atom stereocenters. The van der Waals surface area contributed by atoms with Gasteiger partial charge in [0.05, 0.1) is 24.8 Å². The fourth-order valence-electron chi connectivity index (χ4n) is 5.57. The van der Waals surface area contributed by atoms with Crippen molar-refractivity contribution >= 4 is 23.4 Å². The lowest BCUT2D eigenvalue weighted by molar-refractivity contribution is -0.266. The molecular weight excluding hydrogens is 558 g/mol. The Balaban J connectivity index is 1.31. The lowest BCUT2D eigenvalue weighted by atomic mass is 9.88. The molecule has 3 aliphatic rings. The van der Waals surface area contributed by atoms with Gasteiger partial charge < -0.3 is 20.7 Å². The number of amides is 3. The third kappa shape index (κ3) is 6.02. The molecule has 1 aliphatic heterocycles. The molecule has 42 heavy (non-hydrogen) atoms. The van der Waals surface area contributed by atoms with Gasteiger partial charge in [-0.2, -0.15) is 18.3 Å². The van der Waals surface area contributed by atoms with Crippen LogP contribution in [-0.2, 0) is 14.3 Å². The molecular formula is C29H35F4N5O4. The van der Waals surface area contributed by atoms with E-state index < -0.39 is 60.4 Å². The molecule has 0 radical (unpaired) electrons. The maximum absolute atomic E-state index is 15.2. The van der Waals surface area contributed by atoms with Crippen LogP contribution in [0.2, 0.25) is 0 Å². The fraction of sp³-hybridized carbons (Fsp3) is 0.586. The molecule has 1 aromatic carbocycles. The molecule has 2 heterocycles. The number of nitrogens with zero attached hydrogens (tertiary/aromatic N) is 2. The Labute approximate surface area is 240 Å². The van der Waals surface area contributed by atoms with Gasteiger partial charge in [-0.3, -0.25) is 19.1 Å². The summed E-state index contributed by atoms with van der Waals surface area (Å²) >= 11 is 0. The highest BCUT2D eigenvalue weighted by Crippen LogP contribution is 2.51. The first-order valence-corrected chi connectivity index (χ1v) is 14.2. The topological polar surface area (TPSA) is 114 Å². The van der Waals surface area contributed by atoms with E-state index in [1.54, 1.807) is 10.7 Å². The molecule has 13 heteroatoms. The van der Waals surface area contributed by atoms with Crippen LogP contribution in [0.15, 0.2) is 30.5 Å². The van der Waals surface area contributed by atoms with E-state index >= 15 is 4.39 Å². The molecule has 2 aromatic rings. The van der Waals surface area contributed by atoms with Crippen molar-refractivity contribution < 1.29 is 36.7 Å². The number of hydrogen-bond donors (Lipinski definition) is 3. The quantitative estimate of drug-likeness (QED) is 0.336. The molecule has 2 unspecified atom stereocenters. The van der Waals surface area contributed by atoms with E-state index in [4.69, 9.17) is 4.74 Å². The zero-order chi connectivity index (χ0) is 30.4. The van der Waals surface area contributed by atoms with Gasteiger partial charge in [0.2, 0.25) is 11.8 Å². The van der Waals surface area contributed by atoms with E-state index in [0.29, 0.717) is 5.69 Å². The molecule has 9 nitrogen and oxygen atoms in total. The maximum atomic E-state index is 15.2. The van der Waals surface area contributed by atoms with E-state index in [2.05, 4.69) is 15.7 Å². The fourth-order valence-corrected chi connectivity index (χ4v) is 5.57. The zero-order valence-corrected chi connectivity index (χ0v) is 23.6. The van der Waals surface area contributed by atoms with E-state index in [0.717, 1.165) is 31.7 Å². The average molecular weight is 594 g/mol. The van der Waals surface area contributed by atoms with Gasteiger partial charge >= 0.3 is 6.18 Å². The Morgan fingerprint density at radius 1 is 1.02 bits per heavy atom. The molecule has 3 fully saturated rings. The van der Waals surface area contributed by atoms with Crippen molar-refractivity contribution in [1.82, 2.24) is 20.4 Å². The third-order valence-corrected chi connectivity index (χ3v) is 8.43. The lowest BCUT2D eigenvalue weighted by Crippen LogP contribution is -2.70. The SMILES string of the molecule is CC(C(=O)NC1(C(F)(F)F)COC1)c1ccc(NC(=O)C(NC(=O)c2ccnn2C(C)C)C(C2CC2)C2CC2)c(F)c1. The van der Waals surface area contributed by atoms with E-state index in [-0.39, 0.29) is 35.0 Å². The molecule has 0 spiro atoms. The normalized spacial score (nSPS) is 19.6. The number of hydrogen-bond acceptors (Lipinski definition) is 5. The van der Waals surface area contributed by atoms with Crippen molar-refractivity contribution in [3.05, 3.63) is 47.5 Å². The van der Waals surface area contributed by atoms with Gasteiger partial charge in [0.25, 0.3) is 5.91 Å². The Morgan fingerprint density at radius 2 is 1.67 bits per heavy atom. The molecule has 0 bridgehead atoms. The van der Waals surface area contributed by atoms with Gasteiger partial charge in [-0.05, 0) is 88.0 Å². The largest absolute Gasteiger partial charge is 0.416 e. The van der Waals surface area contributed by atoms with Gasteiger partial charge in [0.15, 0.2) is 5.54 Å². The standard InChI is InChI=1S/C29H35F4N5O4/c1-15(2)38-22(10-11-34-38)26(40)36-24(23(17-4-5-17)18-6-7-18)27(41)35-21-9-8-19(12-20(21)30)16(3)25(39)37-28(13-42-14-28)29(31,32)33/h8-12,15-18,23-24H,4-7,13-14H2,1-3H3,(H,35,41)(H,36,40)(H,37,39). The molecule has 1 aromatic heterocycles. The average Bonchev–Trinajstić information content (AvgIpc) is 3.84. The second-order valence-electron chi connectivity index (χ2n) is 12.0. The van der Waals surface area contributed by atoms with E-state index in [9.17, 15) is 27.6 Å². The Bertz CT molecular complexity index is 1340. The van der Waals surface area contributed by atoms with Crippen LogP contribution in [-0.4, -0.2) is 58.5 Å². The third-order valence-electron chi connectivity index (χ3n) is 8.43. The molecule has 228 valence electrons. The number of anilines is 1. The highest BCUT2D eigenvalue weighted by Gasteiger charge is 2.61. The number of benzene rings is 1. The summed E-state index contributed by atoms with van der Waals surface area (Å²) in [6.07, 6.45) is 0.638. The summed E-state index contributed by atoms with van der Waals surface area (Å²) in [6, 6.07) is 4.28. The molecule has 2 aliphatic carbocycles. The van der Waals surface area contributed by atoms with Crippen molar-refractivity contribution in [3.8, 4) is 0 Å². The minimum atomic E-state index is -4.70. The summed E-state index contributed by atoms with van der Waals surface area (Å²) in [7, 11) is 0. The lowest BCUT2D eigenvalue weighted by Gasteiger charge is -2.43. The molecule has 1 saturated heterocycles. The van der Waals surface area contributed by atoms with Crippen LogP contribution in [0.4, 0.5) is 23.2 Å². The second-order valence-corrected chi connectivity index (χ2v) is 12.0. The summed E-state index contributed by atoms with van der Waals surface area (Å²) in [5, 5.41) is 11.7. The summed E-state index contributed by atoms with van der Waals surface area (Å²) in [6.45, 7) is 3.77. The highest BCUT2D eigenvalue weighted by molar-refractivity contribution is 6.01. The van der Waals surface area contributed by atoms with Crippen LogP contribution >= 0.6 is 0 Å². The van der Waals surface area contributed by atoms with Crippen molar-refractivity contribution in [2.45, 2.75) is 76.2 Å². The highest BCUT2D eigenvalue weighted by atomic mass is 19.4. The smallest absolute Gasteiger partial charge is 0.376 e. The van der Waals surface area contributed by atoms with Crippen molar-refractivity contribution in [2.75, 3.05) is 18.5 Å². The van der Waals surface area contributed by atoms with Crippen LogP contribution in [0, 0.1) is 23.6 Å². The molecule has 5 rings (SSSR count). The number of carbonyl (C=O) groups is 3. The van der Waals surface area contributed by atoms with Gasteiger partial charge in [0, 0.05) is 12.2 Å². The predicted molar refractivity (Wildman–Crippen MR) is 144 cm³/mol. The van der Waals surface area contributed by atoms with Crippen LogP contribution in [0.1, 0.15) is 74.5 Å². The van der Waals surface area contributed by atoms with Crippen molar-refractivity contribution in [2.24, 2.45) is 17.8 Å². The number of rotatable bonds is 11. The van der Waals surface area contributed by atoms with Crippen molar-refractivity contribution in [3.63, 3.8) is 0 Å². The predicted octanol–water partition coefficient (Wildman–Crippen LogP) is 4.33. The molecule has 3 amide bonds. The van der Waals surface area contributed by atoms with Crippen LogP contribution in [0.5, 0.6) is 0 Å². The summed E-state index contributed by atoms with van der Waals surface area (Å²) in [5.41, 5.74) is -2.17. The first kappa shape index (κ1) is 30.0. The summed E-state index contributed by atoms with van der Waals surface area (Å²) in [4.78, 5) is 39.5. The minimum absolute atomic E-state index is 0.0752. The van der Waals surface area contributed by atoms with Crippen LogP contribution < -0.4 is 16.0 Å². The maximum Gasteiger partial charge on any atom is 0.416 e. The number of halogens is 4. The number of aromatic nitrogens is 2. The Hall–Kier alpha value is -3.48. The summed E-state index contributed by atoms with van der Waals surface area (Å²) in [5.74, 6) is -3.40. The van der Waals surface area contributed by atoms with Gasteiger partial charge in [-0.1, -0.05) is 6.07 Å². The summed E-state index contributed by atoms with van der Waals surface area (Å²) < 4.78 is 61.8. The monoisotopic (exact) mass is 593 g/mol. The number of alkyl halides is 3. The van der Waals surface area contributed by atoms with Crippen LogP contribution in [0.25, 0.3) is 0 Å². The zero-order valence-electron chi connectivity index (χ0n) is 23.6. The van der Waals surface area contributed by atoms with E-state index in [1.165, 1.54) is 25.3 Å². The minimum Gasteiger partial charge on any atom is -0.376 e. The second kappa shape index (κ2) is 11.3. The van der Waals surface area contributed by atoms with Gasteiger partial charge in [-0.25, -0.2) is 4.39 Å². The Morgan fingerprint density at radius 3 is 2.17 bits per heavy atom. The van der Waals surface area contributed by atoms with Gasteiger partial charge in [0.1, 0.15) is 17.6 Å². The van der Waals surface area contributed by atoms with Gasteiger partial charge in [-0.15, -0.1) is 0 Å². The van der Waals surface area contributed by atoms with E-state index in [1.807, 2.05) is 19.2 Å². The number of ether oxygens (including phenoxy) is 1. The molecule has 3 N–H and O–H groups in total. The molecule has 2 saturated carbocycles. The van der Waals surface area contributed by atoms with Crippen molar-refractivity contribution in [1.29, 1.82) is 0 Å². The first-order chi connectivity index (χ1) is 19.8. The Kier molecular flexibility index (Phi) is 8.08. The van der Waals surface area contributed by atoms with Crippen LogP contribution in [0.3, 0.4) is 0 Å².